The van der Waals surface area contributed by atoms with E-state index in [4.69, 9.17) is 5.73 Å². The number of hydrogen-bond donors (Lipinski definition) is 2. The molecule has 1 fully saturated rings. The number of aromatic nitrogens is 1. The highest BCUT2D eigenvalue weighted by atomic mass is 15.2. The Bertz CT molecular complexity index is 630. The molecule has 0 unspecified atom stereocenters. The van der Waals surface area contributed by atoms with E-state index < -0.39 is 0 Å². The zero-order valence-electron chi connectivity index (χ0n) is 12.1. The third-order valence-corrected chi connectivity index (χ3v) is 5.12. The summed E-state index contributed by atoms with van der Waals surface area (Å²) < 4.78 is 0. The number of nitrogens with zero attached hydrogens (tertiary/aromatic N) is 1. The molecule has 0 spiro atoms. The van der Waals surface area contributed by atoms with Crippen LogP contribution < -0.4 is 5.73 Å². The van der Waals surface area contributed by atoms with E-state index in [9.17, 15) is 0 Å². The Balaban J connectivity index is 1.82. The number of nitrogens with two attached hydrogens (primary N) is 1. The lowest BCUT2D eigenvalue weighted by atomic mass is 9.74. The predicted molar refractivity (Wildman–Crippen MR) is 83.0 cm³/mol. The summed E-state index contributed by atoms with van der Waals surface area (Å²) >= 11 is 0. The van der Waals surface area contributed by atoms with Crippen molar-refractivity contribution in [2.24, 2.45) is 5.73 Å². The van der Waals surface area contributed by atoms with Crippen LogP contribution in [0.15, 0.2) is 24.4 Å². The predicted octanol–water partition coefficient (Wildman–Crippen LogP) is 2.62. The van der Waals surface area contributed by atoms with Gasteiger partial charge in [-0.1, -0.05) is 19.1 Å². The number of fused-ring (bicyclic) bond motifs is 2. The molecule has 1 saturated heterocycles. The third kappa shape index (κ3) is 1.73. The van der Waals surface area contributed by atoms with Gasteiger partial charge in [0.15, 0.2) is 0 Å². The Hall–Kier alpha value is -1.32. The summed E-state index contributed by atoms with van der Waals surface area (Å²) in [6.45, 7) is 4.50. The first-order chi connectivity index (χ1) is 9.78. The molecule has 1 aromatic carbocycles. The van der Waals surface area contributed by atoms with Gasteiger partial charge in [0.2, 0.25) is 0 Å². The number of H-pyrrole nitrogens is 1. The first-order valence-electron chi connectivity index (χ1n) is 7.86. The summed E-state index contributed by atoms with van der Waals surface area (Å²) in [5.41, 5.74) is 10.6. The third-order valence-electron chi connectivity index (χ3n) is 5.12. The quantitative estimate of drug-likeness (QED) is 0.880. The van der Waals surface area contributed by atoms with Crippen molar-refractivity contribution >= 4 is 10.9 Å². The number of hydrogen-bond acceptors (Lipinski definition) is 2. The SMILES string of the molecule is CCCN1C[C@@H](N)C[C@@H]2c3cccc4[nH]cc(c34)C[C@H]21. The van der Waals surface area contributed by atoms with E-state index in [1.54, 1.807) is 0 Å². The van der Waals surface area contributed by atoms with Crippen LogP contribution in [0.25, 0.3) is 10.9 Å². The van der Waals surface area contributed by atoms with Gasteiger partial charge in [0.25, 0.3) is 0 Å². The van der Waals surface area contributed by atoms with E-state index in [0.717, 1.165) is 13.0 Å². The van der Waals surface area contributed by atoms with Crippen molar-refractivity contribution in [2.75, 3.05) is 13.1 Å². The first-order valence-corrected chi connectivity index (χ1v) is 7.86. The second kappa shape index (κ2) is 4.61. The minimum atomic E-state index is 0.318. The number of likely N-dealkylation sites (tertiary alicyclic amines) is 1. The zero-order chi connectivity index (χ0) is 13.7. The normalized spacial score (nSPS) is 29.6. The summed E-state index contributed by atoms with van der Waals surface area (Å²) in [6.07, 6.45) is 5.73. The van der Waals surface area contributed by atoms with Crippen LogP contribution in [0, 0.1) is 0 Å². The maximum atomic E-state index is 6.34. The van der Waals surface area contributed by atoms with Gasteiger partial charge in [0, 0.05) is 41.6 Å². The van der Waals surface area contributed by atoms with Gasteiger partial charge in [0.05, 0.1) is 0 Å². The van der Waals surface area contributed by atoms with Crippen molar-refractivity contribution in [1.82, 2.24) is 9.88 Å². The van der Waals surface area contributed by atoms with Gasteiger partial charge < -0.3 is 10.7 Å². The molecule has 2 aliphatic rings. The summed E-state index contributed by atoms with van der Waals surface area (Å²) in [5, 5.41) is 1.47. The van der Waals surface area contributed by atoms with Crippen molar-refractivity contribution in [2.45, 2.75) is 44.2 Å². The molecule has 3 N–H and O–H groups in total. The molecule has 0 radical (unpaired) electrons. The molecule has 3 heteroatoms. The second-order valence-electron chi connectivity index (χ2n) is 6.45. The van der Waals surface area contributed by atoms with Crippen LogP contribution in [0.5, 0.6) is 0 Å². The van der Waals surface area contributed by atoms with Crippen LogP contribution in [0.1, 0.15) is 36.8 Å². The fourth-order valence-corrected chi connectivity index (χ4v) is 4.38. The molecule has 1 aliphatic carbocycles. The van der Waals surface area contributed by atoms with Crippen molar-refractivity contribution < 1.29 is 0 Å². The monoisotopic (exact) mass is 269 g/mol. The Morgan fingerprint density at radius 3 is 3.15 bits per heavy atom. The zero-order valence-corrected chi connectivity index (χ0v) is 12.1. The number of aromatic amines is 1. The Morgan fingerprint density at radius 2 is 2.30 bits per heavy atom. The highest BCUT2D eigenvalue weighted by Crippen LogP contribution is 2.43. The highest BCUT2D eigenvalue weighted by Gasteiger charge is 2.39. The highest BCUT2D eigenvalue weighted by molar-refractivity contribution is 5.88. The van der Waals surface area contributed by atoms with Gasteiger partial charge >= 0.3 is 0 Å². The van der Waals surface area contributed by atoms with Crippen molar-refractivity contribution in [3.8, 4) is 0 Å². The number of rotatable bonds is 2. The van der Waals surface area contributed by atoms with E-state index >= 15 is 0 Å². The van der Waals surface area contributed by atoms with Gasteiger partial charge in [-0.25, -0.2) is 0 Å². The maximum absolute atomic E-state index is 6.34. The lowest BCUT2D eigenvalue weighted by Crippen LogP contribution is -2.54. The molecule has 20 heavy (non-hydrogen) atoms. The molecule has 1 aliphatic heterocycles. The van der Waals surface area contributed by atoms with E-state index in [1.807, 2.05) is 0 Å². The first kappa shape index (κ1) is 12.4. The van der Waals surface area contributed by atoms with Crippen LogP contribution in [-0.4, -0.2) is 35.1 Å². The average Bonchev–Trinajstić information content (AvgIpc) is 2.85. The number of benzene rings is 1. The largest absolute Gasteiger partial charge is 0.361 e. The van der Waals surface area contributed by atoms with Gasteiger partial charge in [-0.3, -0.25) is 4.90 Å². The summed E-state index contributed by atoms with van der Waals surface area (Å²) in [5.74, 6) is 0.609. The minimum Gasteiger partial charge on any atom is -0.361 e. The number of nitrogens with one attached hydrogen (secondary N) is 1. The molecule has 0 bridgehead atoms. The molecule has 3 atom stereocenters. The molecule has 3 nitrogen and oxygen atoms in total. The Labute approximate surface area is 120 Å². The lowest BCUT2D eigenvalue weighted by Gasteiger charge is -2.46. The van der Waals surface area contributed by atoms with E-state index in [2.05, 4.69) is 41.2 Å². The van der Waals surface area contributed by atoms with Crippen LogP contribution in [0.4, 0.5) is 0 Å². The Kier molecular flexibility index (Phi) is 2.86. The minimum absolute atomic E-state index is 0.318. The molecule has 4 rings (SSSR count). The summed E-state index contributed by atoms with van der Waals surface area (Å²) in [7, 11) is 0. The van der Waals surface area contributed by atoms with Gasteiger partial charge in [-0.05, 0) is 43.0 Å². The molecule has 2 heterocycles. The fraction of sp³-hybridized carbons (Fsp3) is 0.529. The molecule has 0 saturated carbocycles. The smallest absolute Gasteiger partial charge is 0.0459 e. The molecule has 1 aromatic heterocycles. The molecule has 106 valence electrons. The van der Waals surface area contributed by atoms with Crippen LogP contribution in [-0.2, 0) is 6.42 Å². The van der Waals surface area contributed by atoms with E-state index in [0.29, 0.717) is 18.0 Å². The fourth-order valence-electron chi connectivity index (χ4n) is 4.38. The van der Waals surface area contributed by atoms with Gasteiger partial charge in [0.1, 0.15) is 0 Å². The molecule has 2 aromatic rings. The lowest BCUT2D eigenvalue weighted by molar-refractivity contribution is 0.110. The maximum Gasteiger partial charge on any atom is 0.0459 e. The van der Waals surface area contributed by atoms with Gasteiger partial charge in [-0.15, -0.1) is 0 Å². The van der Waals surface area contributed by atoms with E-state index in [1.165, 1.54) is 41.4 Å². The van der Waals surface area contributed by atoms with Crippen LogP contribution in [0.3, 0.4) is 0 Å². The van der Waals surface area contributed by atoms with E-state index in [-0.39, 0.29) is 0 Å². The topological polar surface area (TPSA) is 45.0 Å². The second-order valence-corrected chi connectivity index (χ2v) is 6.45. The standard InChI is InChI=1S/C17H23N3/c1-2-6-20-10-12(18)8-14-13-4-3-5-15-17(13)11(9-19-15)7-16(14)20/h3-5,9,12,14,16,19H,2,6-8,10,18H2,1H3/t12-,14+,16+/m0/s1. The van der Waals surface area contributed by atoms with Crippen molar-refractivity contribution in [1.29, 1.82) is 0 Å². The molecular formula is C17H23N3. The average molecular weight is 269 g/mol. The van der Waals surface area contributed by atoms with Crippen molar-refractivity contribution in [3.63, 3.8) is 0 Å². The summed E-state index contributed by atoms with van der Waals surface area (Å²) in [4.78, 5) is 6.07. The van der Waals surface area contributed by atoms with Gasteiger partial charge in [-0.2, -0.15) is 0 Å². The number of piperidine rings is 1. The molecule has 0 amide bonds. The summed E-state index contributed by atoms with van der Waals surface area (Å²) in [6, 6.07) is 7.65. The van der Waals surface area contributed by atoms with Crippen LogP contribution >= 0.6 is 0 Å². The van der Waals surface area contributed by atoms with Crippen LogP contribution in [0.2, 0.25) is 0 Å². The van der Waals surface area contributed by atoms with Crippen molar-refractivity contribution in [3.05, 3.63) is 35.5 Å². The Morgan fingerprint density at radius 1 is 1.40 bits per heavy atom. The molecular weight excluding hydrogens is 246 g/mol.